The van der Waals surface area contributed by atoms with Crippen LogP contribution in [0.3, 0.4) is 0 Å². The van der Waals surface area contributed by atoms with Gasteiger partial charge in [-0.2, -0.15) is 5.26 Å². The van der Waals surface area contributed by atoms with E-state index in [0.29, 0.717) is 11.1 Å². The minimum atomic E-state index is -0.492. The summed E-state index contributed by atoms with van der Waals surface area (Å²) in [5.41, 5.74) is 0.819. The molecule has 0 amide bonds. The normalized spacial score (nSPS) is 9.21. The number of hydrogen-bond acceptors (Lipinski definition) is 4. The molecule has 0 unspecified atom stereocenters. The van der Waals surface area contributed by atoms with E-state index >= 15 is 0 Å². The lowest BCUT2D eigenvalue weighted by Crippen LogP contribution is -2.03. The molecule has 0 aliphatic carbocycles. The van der Waals surface area contributed by atoms with Gasteiger partial charge in [0.15, 0.2) is 0 Å². The Balaban J connectivity index is 3.07. The second-order valence-electron chi connectivity index (χ2n) is 2.50. The van der Waals surface area contributed by atoms with Gasteiger partial charge in [-0.25, -0.2) is 9.78 Å². The molecular weight excluding hydrogens is 204 g/mol. The molecule has 1 aromatic rings. The first-order chi connectivity index (χ1) is 6.69. The monoisotopic (exact) mass is 210 g/mol. The van der Waals surface area contributed by atoms with Crippen molar-refractivity contribution in [1.29, 1.82) is 5.26 Å². The van der Waals surface area contributed by atoms with Crippen LogP contribution in [0, 0.1) is 11.3 Å². The summed E-state index contributed by atoms with van der Waals surface area (Å²) in [6.45, 7) is 0. The molecule has 0 radical (unpaired) electrons. The molecule has 72 valence electrons. The molecule has 0 saturated heterocycles. The number of esters is 1. The van der Waals surface area contributed by atoms with Crippen LogP contribution in [-0.2, 0) is 11.2 Å². The van der Waals surface area contributed by atoms with E-state index in [1.807, 2.05) is 6.07 Å². The lowest BCUT2D eigenvalue weighted by molar-refractivity contribution is 0.0600. The fraction of sp³-hybridized carbons (Fsp3) is 0.222. The summed E-state index contributed by atoms with van der Waals surface area (Å²) in [5.74, 6) is -0.492. The summed E-state index contributed by atoms with van der Waals surface area (Å²) >= 11 is 5.71. The minimum absolute atomic E-state index is 0.122. The Morgan fingerprint density at radius 2 is 2.50 bits per heavy atom. The summed E-state index contributed by atoms with van der Waals surface area (Å²) < 4.78 is 4.50. The fourth-order valence-corrected chi connectivity index (χ4v) is 1.10. The first kappa shape index (κ1) is 10.5. The van der Waals surface area contributed by atoms with Crippen molar-refractivity contribution in [3.63, 3.8) is 0 Å². The van der Waals surface area contributed by atoms with E-state index in [1.54, 1.807) is 0 Å². The quantitative estimate of drug-likeness (QED) is 0.549. The van der Waals surface area contributed by atoms with Gasteiger partial charge in [0.25, 0.3) is 0 Å². The van der Waals surface area contributed by atoms with E-state index in [2.05, 4.69) is 9.72 Å². The maximum Gasteiger partial charge on any atom is 0.339 e. The second-order valence-corrected chi connectivity index (χ2v) is 2.86. The summed E-state index contributed by atoms with van der Waals surface area (Å²) in [5, 5.41) is 8.71. The van der Waals surface area contributed by atoms with Gasteiger partial charge in [-0.05, 0) is 6.07 Å². The molecular formula is C9H7ClN2O2. The van der Waals surface area contributed by atoms with Crippen molar-refractivity contribution in [1.82, 2.24) is 4.98 Å². The molecule has 0 N–H and O–H groups in total. The summed E-state index contributed by atoms with van der Waals surface area (Å²) in [6, 6.07) is 3.44. The van der Waals surface area contributed by atoms with Gasteiger partial charge in [-0.15, -0.1) is 0 Å². The number of carbonyl (C=O) groups excluding carboxylic acids is 1. The molecule has 0 saturated carbocycles. The highest BCUT2D eigenvalue weighted by Gasteiger charge is 2.09. The third-order valence-corrected chi connectivity index (χ3v) is 1.94. The van der Waals surface area contributed by atoms with E-state index in [-0.39, 0.29) is 11.6 Å². The first-order valence-electron chi connectivity index (χ1n) is 3.78. The fourth-order valence-electron chi connectivity index (χ4n) is 0.932. The van der Waals surface area contributed by atoms with E-state index in [1.165, 1.54) is 19.4 Å². The molecule has 0 fully saturated rings. The number of aromatic nitrogens is 1. The highest BCUT2D eigenvalue weighted by atomic mass is 35.5. The van der Waals surface area contributed by atoms with Crippen molar-refractivity contribution in [3.8, 4) is 6.07 Å². The van der Waals surface area contributed by atoms with Gasteiger partial charge in [0.05, 0.1) is 25.2 Å². The lowest BCUT2D eigenvalue weighted by atomic mass is 10.1. The van der Waals surface area contributed by atoms with E-state index in [4.69, 9.17) is 16.9 Å². The van der Waals surface area contributed by atoms with Crippen molar-refractivity contribution in [2.24, 2.45) is 0 Å². The van der Waals surface area contributed by atoms with Gasteiger partial charge < -0.3 is 4.74 Å². The van der Waals surface area contributed by atoms with Crippen LogP contribution < -0.4 is 0 Å². The zero-order valence-electron chi connectivity index (χ0n) is 7.45. The Bertz CT molecular complexity index is 398. The molecule has 1 aromatic heterocycles. The van der Waals surface area contributed by atoms with Crippen LogP contribution in [0.1, 0.15) is 15.9 Å². The second kappa shape index (κ2) is 4.58. The highest BCUT2D eigenvalue weighted by Crippen LogP contribution is 2.15. The van der Waals surface area contributed by atoms with Gasteiger partial charge in [0.2, 0.25) is 0 Å². The molecule has 0 bridgehead atoms. The number of hydrogen-bond donors (Lipinski definition) is 0. The third kappa shape index (κ3) is 2.21. The van der Waals surface area contributed by atoms with Crippen LogP contribution in [-0.4, -0.2) is 18.1 Å². The first-order valence-corrected chi connectivity index (χ1v) is 4.16. The molecule has 0 aliphatic heterocycles. The molecule has 4 nitrogen and oxygen atoms in total. The standard InChI is InChI=1S/C9H7ClN2O2/c1-14-9(13)7-4-6(2-3-11)8(10)12-5-7/h4-5H,2H2,1H3. The molecule has 1 heterocycles. The van der Waals surface area contributed by atoms with E-state index in [9.17, 15) is 4.79 Å². The maximum absolute atomic E-state index is 11.1. The molecule has 0 spiro atoms. The van der Waals surface area contributed by atoms with Crippen molar-refractivity contribution in [2.75, 3.05) is 7.11 Å². The third-order valence-electron chi connectivity index (χ3n) is 1.60. The predicted octanol–water partition coefficient (Wildman–Crippen LogP) is 1.59. The van der Waals surface area contributed by atoms with Crippen molar-refractivity contribution < 1.29 is 9.53 Å². The average molecular weight is 211 g/mol. The van der Waals surface area contributed by atoms with Crippen LogP contribution in [0.2, 0.25) is 5.15 Å². The number of methoxy groups -OCH3 is 1. The topological polar surface area (TPSA) is 63.0 Å². The maximum atomic E-state index is 11.1. The molecule has 0 aromatic carbocycles. The summed E-state index contributed by atoms with van der Waals surface area (Å²) in [7, 11) is 1.28. The summed E-state index contributed by atoms with van der Waals surface area (Å²) in [4.78, 5) is 14.9. The van der Waals surface area contributed by atoms with Gasteiger partial charge in [-0.3, -0.25) is 0 Å². The van der Waals surface area contributed by atoms with Crippen LogP contribution in [0.15, 0.2) is 12.3 Å². The Labute approximate surface area is 86.1 Å². The zero-order chi connectivity index (χ0) is 10.6. The Morgan fingerprint density at radius 3 is 3.07 bits per heavy atom. The number of halogens is 1. The predicted molar refractivity (Wildman–Crippen MR) is 49.9 cm³/mol. The molecule has 0 atom stereocenters. The van der Waals surface area contributed by atoms with Gasteiger partial charge >= 0.3 is 5.97 Å². The van der Waals surface area contributed by atoms with Gasteiger partial charge in [0, 0.05) is 11.8 Å². The van der Waals surface area contributed by atoms with Gasteiger partial charge in [-0.1, -0.05) is 11.6 Å². The van der Waals surface area contributed by atoms with Crippen LogP contribution >= 0.6 is 11.6 Å². The largest absolute Gasteiger partial charge is 0.465 e. The number of pyridine rings is 1. The average Bonchev–Trinajstić information content (AvgIpc) is 2.20. The number of carbonyl (C=O) groups is 1. The lowest BCUT2D eigenvalue weighted by Gasteiger charge is -2.01. The van der Waals surface area contributed by atoms with E-state index < -0.39 is 5.97 Å². The van der Waals surface area contributed by atoms with Gasteiger partial charge in [0.1, 0.15) is 5.15 Å². The Hall–Kier alpha value is -1.60. The molecule has 5 heteroatoms. The molecule has 0 aliphatic rings. The summed E-state index contributed by atoms with van der Waals surface area (Å²) in [6.07, 6.45) is 1.44. The van der Waals surface area contributed by atoms with E-state index in [0.717, 1.165) is 0 Å². The number of nitriles is 1. The van der Waals surface area contributed by atoms with Crippen LogP contribution in [0.25, 0.3) is 0 Å². The smallest absolute Gasteiger partial charge is 0.339 e. The Morgan fingerprint density at radius 1 is 1.79 bits per heavy atom. The van der Waals surface area contributed by atoms with Crippen molar-refractivity contribution in [3.05, 3.63) is 28.5 Å². The number of rotatable bonds is 2. The van der Waals surface area contributed by atoms with Crippen LogP contribution in [0.5, 0.6) is 0 Å². The SMILES string of the molecule is COC(=O)c1cnc(Cl)c(CC#N)c1. The number of ether oxygens (including phenoxy) is 1. The zero-order valence-corrected chi connectivity index (χ0v) is 8.21. The highest BCUT2D eigenvalue weighted by molar-refractivity contribution is 6.30. The van der Waals surface area contributed by atoms with Crippen molar-refractivity contribution in [2.45, 2.75) is 6.42 Å². The number of nitrogens with zero attached hydrogens (tertiary/aromatic N) is 2. The Kier molecular flexibility index (Phi) is 3.43. The van der Waals surface area contributed by atoms with Crippen LogP contribution in [0.4, 0.5) is 0 Å². The molecule has 1 rings (SSSR count). The van der Waals surface area contributed by atoms with Crippen molar-refractivity contribution >= 4 is 17.6 Å². The molecule has 14 heavy (non-hydrogen) atoms. The minimum Gasteiger partial charge on any atom is -0.465 e.